The minimum Gasteiger partial charge on any atom is -0.392 e. The summed E-state index contributed by atoms with van der Waals surface area (Å²) in [4.78, 5) is 38.8. The van der Waals surface area contributed by atoms with Gasteiger partial charge in [0.1, 0.15) is 0 Å². The molecule has 13 nitrogen and oxygen atoms in total. The number of carbonyl (C=O) groups is 2. The molecule has 0 aromatic heterocycles. The third-order valence-electron chi connectivity index (χ3n) is 9.99. The number of aliphatic hydroxyl groups excluding tert-OH is 1. The molecule has 2 heterocycles. The van der Waals surface area contributed by atoms with Crippen molar-refractivity contribution in [2.75, 3.05) is 37.6 Å². The topological polar surface area (TPSA) is 167 Å². The maximum atomic E-state index is 12.3. The second kappa shape index (κ2) is 18.7. The van der Waals surface area contributed by atoms with Crippen LogP contribution in [0.3, 0.4) is 0 Å². The number of piperazine rings is 1. The lowest BCUT2D eigenvalue weighted by molar-refractivity contribution is -0.384. The third kappa shape index (κ3) is 10.5. The number of hydrogen-bond donors (Lipinski definition) is 4. The monoisotopic (exact) mass is 737 g/mol. The number of nitrogens with one attached hydrogen (secondary N) is 2. The summed E-state index contributed by atoms with van der Waals surface area (Å²) in [6, 6.07) is 30.8. The highest BCUT2D eigenvalue weighted by atomic mass is 16.7. The molecule has 3 atom stereocenters. The van der Waals surface area contributed by atoms with Crippen LogP contribution < -0.4 is 15.7 Å². The van der Waals surface area contributed by atoms with Crippen LogP contribution in [0.4, 0.5) is 11.4 Å². The molecule has 6 rings (SSSR count). The zero-order chi connectivity index (χ0) is 37.9. The molecular formula is C41H47N5O8. The van der Waals surface area contributed by atoms with Gasteiger partial charge in [0.05, 0.1) is 23.7 Å². The highest BCUT2D eigenvalue weighted by Crippen LogP contribution is 2.39. The summed E-state index contributed by atoms with van der Waals surface area (Å²) in [6.45, 7) is 4.38. The number of benzene rings is 4. The summed E-state index contributed by atoms with van der Waals surface area (Å²) < 4.78 is 13.2. The number of hydrogen-bond acceptors (Lipinski definition) is 10. The van der Waals surface area contributed by atoms with E-state index in [0.29, 0.717) is 32.2 Å². The molecule has 0 spiro atoms. The van der Waals surface area contributed by atoms with Crippen LogP contribution in [0.25, 0.3) is 11.1 Å². The SMILES string of the molecule is O=C(CCCCC(=O)NCc1cccc(-c2ccc(C3OC(CN4CCN(c5ccc([N+](=O)[O-])cc5)CC4)CC(c4ccc(CO)cc4)O3)cc2)c1)NO. The zero-order valence-electron chi connectivity index (χ0n) is 30.1. The summed E-state index contributed by atoms with van der Waals surface area (Å²) in [5, 5.41) is 32.2. The van der Waals surface area contributed by atoms with E-state index in [2.05, 4.69) is 21.2 Å². The lowest BCUT2D eigenvalue weighted by Gasteiger charge is -2.41. The number of rotatable bonds is 15. The number of non-ortho nitro benzene ring substituents is 1. The number of ether oxygens (including phenoxy) is 2. The summed E-state index contributed by atoms with van der Waals surface area (Å²) >= 11 is 0. The van der Waals surface area contributed by atoms with Gasteiger partial charge in [-0.1, -0.05) is 66.7 Å². The molecule has 2 aliphatic heterocycles. The number of hydroxylamine groups is 1. The van der Waals surface area contributed by atoms with Gasteiger partial charge >= 0.3 is 0 Å². The van der Waals surface area contributed by atoms with Crippen molar-refractivity contribution in [2.45, 2.75) is 63.8 Å². The van der Waals surface area contributed by atoms with Gasteiger partial charge in [0.2, 0.25) is 11.8 Å². The van der Waals surface area contributed by atoms with Crippen LogP contribution in [0.2, 0.25) is 0 Å². The number of amides is 2. The molecule has 4 N–H and O–H groups in total. The van der Waals surface area contributed by atoms with E-state index in [1.165, 1.54) is 0 Å². The Labute approximate surface area is 314 Å². The average molecular weight is 738 g/mol. The highest BCUT2D eigenvalue weighted by Gasteiger charge is 2.34. The lowest BCUT2D eigenvalue weighted by atomic mass is 9.98. The summed E-state index contributed by atoms with van der Waals surface area (Å²) in [5.74, 6) is -0.546. The first-order valence-electron chi connectivity index (χ1n) is 18.4. The maximum absolute atomic E-state index is 12.3. The van der Waals surface area contributed by atoms with Crippen LogP contribution in [0.1, 0.15) is 66.8 Å². The van der Waals surface area contributed by atoms with Gasteiger partial charge in [0, 0.05) is 81.9 Å². The molecule has 2 fully saturated rings. The van der Waals surface area contributed by atoms with Crippen molar-refractivity contribution >= 4 is 23.2 Å². The van der Waals surface area contributed by atoms with Crippen molar-refractivity contribution < 1.29 is 34.3 Å². The molecule has 54 heavy (non-hydrogen) atoms. The van der Waals surface area contributed by atoms with Crippen LogP contribution >= 0.6 is 0 Å². The average Bonchev–Trinajstić information content (AvgIpc) is 3.22. The summed E-state index contributed by atoms with van der Waals surface area (Å²) in [7, 11) is 0. The van der Waals surface area contributed by atoms with E-state index < -0.39 is 12.2 Å². The van der Waals surface area contributed by atoms with Gasteiger partial charge in [-0.25, -0.2) is 5.48 Å². The summed E-state index contributed by atoms with van der Waals surface area (Å²) in [5.41, 5.74) is 8.44. The minimum absolute atomic E-state index is 0.0229. The Kier molecular flexibility index (Phi) is 13.4. The molecule has 3 unspecified atom stereocenters. The van der Waals surface area contributed by atoms with E-state index in [-0.39, 0.29) is 41.8 Å². The first kappa shape index (κ1) is 38.5. The first-order valence-corrected chi connectivity index (χ1v) is 18.4. The van der Waals surface area contributed by atoms with Crippen molar-refractivity contribution in [1.82, 2.24) is 15.7 Å². The number of anilines is 1. The predicted molar refractivity (Wildman–Crippen MR) is 202 cm³/mol. The molecule has 0 radical (unpaired) electrons. The van der Waals surface area contributed by atoms with Gasteiger partial charge in [-0.3, -0.25) is 29.8 Å². The van der Waals surface area contributed by atoms with Crippen LogP contribution in [-0.4, -0.2) is 70.8 Å². The predicted octanol–water partition coefficient (Wildman–Crippen LogP) is 5.80. The molecule has 0 bridgehead atoms. The Morgan fingerprint density at radius 3 is 2.15 bits per heavy atom. The molecule has 0 saturated carbocycles. The number of nitro groups is 1. The molecular weight excluding hydrogens is 690 g/mol. The van der Waals surface area contributed by atoms with E-state index >= 15 is 0 Å². The standard InChI is InChI=1S/C41H47N5O8/c47-28-29-8-10-32(11-9-29)38-25-37(27-44-20-22-45(23-21-44)35-16-18-36(19-17-35)46(51)52)53-41(54-38)33-14-12-31(13-15-33)34-5-3-4-30(24-34)26-42-39(48)6-1-2-7-40(49)43-50/h3-5,8-19,24,37-38,41,47,50H,1-2,6-7,20-23,25-28H2,(H,42,48)(H,43,49). The Balaban J connectivity index is 1.08. The van der Waals surface area contributed by atoms with Crippen molar-refractivity contribution in [3.05, 3.63) is 129 Å². The van der Waals surface area contributed by atoms with Gasteiger partial charge in [-0.2, -0.15) is 0 Å². The molecule has 2 aliphatic rings. The quantitative estimate of drug-likeness (QED) is 0.0507. The van der Waals surface area contributed by atoms with Crippen LogP contribution in [0.15, 0.2) is 97.1 Å². The number of nitro benzene ring substituents is 1. The normalized spacial score (nSPS) is 18.9. The van der Waals surface area contributed by atoms with Crippen molar-refractivity contribution in [1.29, 1.82) is 0 Å². The highest BCUT2D eigenvalue weighted by molar-refractivity contribution is 5.76. The van der Waals surface area contributed by atoms with Gasteiger partial charge in [-0.15, -0.1) is 0 Å². The molecule has 284 valence electrons. The van der Waals surface area contributed by atoms with E-state index in [1.807, 2.05) is 78.9 Å². The molecule has 4 aromatic carbocycles. The number of unbranched alkanes of at least 4 members (excludes halogenated alkanes) is 1. The maximum Gasteiger partial charge on any atom is 0.269 e. The number of carbonyl (C=O) groups excluding carboxylic acids is 2. The van der Waals surface area contributed by atoms with Crippen LogP contribution in [-0.2, 0) is 32.2 Å². The van der Waals surface area contributed by atoms with Crippen molar-refractivity contribution in [2.24, 2.45) is 0 Å². The van der Waals surface area contributed by atoms with E-state index in [4.69, 9.17) is 14.7 Å². The minimum atomic E-state index is -0.582. The van der Waals surface area contributed by atoms with Gasteiger partial charge in [0.15, 0.2) is 6.29 Å². The number of aliphatic hydroxyl groups is 1. The van der Waals surface area contributed by atoms with E-state index in [1.54, 1.807) is 17.6 Å². The molecule has 2 saturated heterocycles. The Bertz CT molecular complexity index is 1850. The number of nitrogens with zero attached hydrogens (tertiary/aromatic N) is 3. The Morgan fingerprint density at radius 1 is 0.796 bits per heavy atom. The van der Waals surface area contributed by atoms with Gasteiger partial charge in [0.25, 0.3) is 5.69 Å². The van der Waals surface area contributed by atoms with E-state index in [0.717, 1.165) is 71.8 Å². The molecule has 0 aliphatic carbocycles. The van der Waals surface area contributed by atoms with Crippen molar-refractivity contribution in [3.8, 4) is 11.1 Å². The second-order valence-electron chi connectivity index (χ2n) is 13.8. The van der Waals surface area contributed by atoms with Gasteiger partial charge < -0.3 is 24.8 Å². The van der Waals surface area contributed by atoms with E-state index in [9.17, 15) is 24.8 Å². The van der Waals surface area contributed by atoms with Gasteiger partial charge in [-0.05, 0) is 58.9 Å². The fraction of sp³-hybridized carbons (Fsp3) is 0.366. The Morgan fingerprint density at radius 2 is 1.48 bits per heavy atom. The summed E-state index contributed by atoms with van der Waals surface area (Å²) in [6.07, 6.45) is 1.37. The molecule has 13 heteroatoms. The molecule has 2 amide bonds. The van der Waals surface area contributed by atoms with Crippen molar-refractivity contribution in [3.63, 3.8) is 0 Å². The molecule has 4 aromatic rings. The fourth-order valence-electron chi connectivity index (χ4n) is 6.90. The smallest absolute Gasteiger partial charge is 0.269 e. The fourth-order valence-corrected chi connectivity index (χ4v) is 6.90. The third-order valence-corrected chi connectivity index (χ3v) is 9.99. The first-order chi connectivity index (χ1) is 26.3. The zero-order valence-corrected chi connectivity index (χ0v) is 30.1. The second-order valence-corrected chi connectivity index (χ2v) is 13.8. The Hall–Kier alpha value is -5.18. The van der Waals surface area contributed by atoms with Crippen LogP contribution in [0.5, 0.6) is 0 Å². The lowest BCUT2D eigenvalue weighted by Crippen LogP contribution is -2.49. The van der Waals surface area contributed by atoms with Crippen LogP contribution in [0, 0.1) is 10.1 Å². The largest absolute Gasteiger partial charge is 0.392 e.